The highest BCUT2D eigenvalue weighted by Gasteiger charge is 2.38. The highest BCUT2D eigenvalue weighted by atomic mass is 16.5. The molecule has 1 aliphatic rings. The molecule has 1 aromatic carbocycles. The van der Waals surface area contributed by atoms with E-state index in [2.05, 4.69) is 6.92 Å². The van der Waals surface area contributed by atoms with E-state index in [-0.39, 0.29) is 0 Å². The molecule has 1 amide bonds. The van der Waals surface area contributed by atoms with Crippen molar-refractivity contribution in [3.8, 4) is 5.75 Å². The number of hydrogen-bond donors (Lipinski definition) is 1. The Labute approximate surface area is 82.9 Å². The van der Waals surface area contributed by atoms with Gasteiger partial charge in [-0.05, 0) is 36.0 Å². The second kappa shape index (κ2) is 3.01. The topological polar surface area (TPSA) is 52.3 Å². The van der Waals surface area contributed by atoms with E-state index in [9.17, 15) is 4.79 Å². The Kier molecular flexibility index (Phi) is 1.95. The van der Waals surface area contributed by atoms with Gasteiger partial charge in [0, 0.05) is 0 Å². The summed E-state index contributed by atoms with van der Waals surface area (Å²) in [5, 5.41) is 0. The molecule has 1 aliphatic carbocycles. The van der Waals surface area contributed by atoms with Crippen LogP contribution in [0.3, 0.4) is 0 Å². The number of carbonyl (C=O) groups excluding carboxylic acids is 1. The van der Waals surface area contributed by atoms with Gasteiger partial charge in [0.1, 0.15) is 5.75 Å². The lowest BCUT2D eigenvalue weighted by Gasteiger charge is -2.08. The Morgan fingerprint density at radius 3 is 2.36 bits per heavy atom. The van der Waals surface area contributed by atoms with Gasteiger partial charge in [0.15, 0.2) is 0 Å². The lowest BCUT2D eigenvalue weighted by atomic mass is 9.99. The van der Waals surface area contributed by atoms with Crippen LogP contribution in [-0.4, -0.2) is 6.09 Å². The Hall–Kier alpha value is -1.51. The molecule has 3 heteroatoms. The smallest absolute Gasteiger partial charge is 0.409 e. The van der Waals surface area contributed by atoms with Crippen LogP contribution in [0, 0.1) is 0 Å². The number of benzene rings is 1. The van der Waals surface area contributed by atoms with Crippen LogP contribution in [0.15, 0.2) is 24.3 Å². The summed E-state index contributed by atoms with van der Waals surface area (Å²) in [6.45, 7) is 2.23. The molecule has 2 N–H and O–H groups in total. The first kappa shape index (κ1) is 9.06. The molecule has 2 rings (SSSR count). The first-order valence-electron chi connectivity index (χ1n) is 4.68. The quantitative estimate of drug-likeness (QED) is 0.779. The number of ether oxygens (including phenoxy) is 1. The van der Waals surface area contributed by atoms with E-state index >= 15 is 0 Å². The number of carbonyl (C=O) groups is 1. The van der Waals surface area contributed by atoms with Gasteiger partial charge in [0.2, 0.25) is 0 Å². The Bertz CT molecular complexity index is 352. The van der Waals surface area contributed by atoms with Crippen LogP contribution < -0.4 is 10.5 Å². The van der Waals surface area contributed by atoms with Gasteiger partial charge in [-0.2, -0.15) is 0 Å². The van der Waals surface area contributed by atoms with Crippen molar-refractivity contribution in [2.75, 3.05) is 0 Å². The maximum Gasteiger partial charge on any atom is 0.409 e. The molecule has 0 atom stereocenters. The van der Waals surface area contributed by atoms with Crippen LogP contribution in [0.2, 0.25) is 0 Å². The van der Waals surface area contributed by atoms with Crippen molar-refractivity contribution < 1.29 is 9.53 Å². The van der Waals surface area contributed by atoms with E-state index in [0.29, 0.717) is 11.2 Å². The van der Waals surface area contributed by atoms with Gasteiger partial charge in [0.25, 0.3) is 0 Å². The van der Waals surface area contributed by atoms with Crippen LogP contribution in [-0.2, 0) is 5.41 Å². The highest BCUT2D eigenvalue weighted by molar-refractivity contribution is 5.68. The third-order valence-corrected chi connectivity index (χ3v) is 2.77. The van der Waals surface area contributed by atoms with Gasteiger partial charge in [-0.25, -0.2) is 4.79 Å². The third kappa shape index (κ3) is 1.71. The van der Waals surface area contributed by atoms with Gasteiger partial charge in [-0.1, -0.05) is 19.1 Å². The van der Waals surface area contributed by atoms with Crippen LogP contribution in [0.5, 0.6) is 5.75 Å². The molecule has 74 valence electrons. The monoisotopic (exact) mass is 191 g/mol. The molecule has 0 heterocycles. The zero-order valence-electron chi connectivity index (χ0n) is 8.12. The van der Waals surface area contributed by atoms with Crippen molar-refractivity contribution in [1.82, 2.24) is 0 Å². The zero-order valence-corrected chi connectivity index (χ0v) is 8.12. The second-order valence-electron chi connectivity index (χ2n) is 4.01. The third-order valence-electron chi connectivity index (χ3n) is 2.77. The van der Waals surface area contributed by atoms with E-state index in [4.69, 9.17) is 10.5 Å². The lowest BCUT2D eigenvalue weighted by Crippen LogP contribution is -2.16. The fourth-order valence-electron chi connectivity index (χ4n) is 1.52. The second-order valence-corrected chi connectivity index (χ2v) is 4.01. The average molecular weight is 191 g/mol. The molecule has 0 aromatic heterocycles. The first-order chi connectivity index (χ1) is 6.60. The van der Waals surface area contributed by atoms with Crippen molar-refractivity contribution >= 4 is 6.09 Å². The van der Waals surface area contributed by atoms with E-state index < -0.39 is 6.09 Å². The molecule has 0 unspecified atom stereocenters. The molecule has 1 saturated carbocycles. The molecular weight excluding hydrogens is 178 g/mol. The number of hydrogen-bond acceptors (Lipinski definition) is 2. The van der Waals surface area contributed by atoms with Gasteiger partial charge in [-0.15, -0.1) is 0 Å². The lowest BCUT2D eigenvalue weighted by molar-refractivity contribution is 0.211. The van der Waals surface area contributed by atoms with Crippen LogP contribution in [0.4, 0.5) is 4.79 Å². The van der Waals surface area contributed by atoms with Crippen molar-refractivity contribution in [3.05, 3.63) is 29.8 Å². The molecule has 0 aliphatic heterocycles. The summed E-state index contributed by atoms with van der Waals surface area (Å²) in [4.78, 5) is 10.5. The summed E-state index contributed by atoms with van der Waals surface area (Å²) < 4.78 is 4.74. The van der Waals surface area contributed by atoms with Crippen molar-refractivity contribution in [2.45, 2.75) is 25.2 Å². The summed E-state index contributed by atoms with van der Waals surface area (Å²) in [6.07, 6.45) is 1.71. The van der Waals surface area contributed by atoms with E-state index in [1.165, 1.54) is 18.4 Å². The summed E-state index contributed by atoms with van der Waals surface area (Å²) in [5.74, 6) is 0.505. The minimum absolute atomic E-state index is 0.352. The van der Waals surface area contributed by atoms with Crippen LogP contribution >= 0.6 is 0 Å². The minimum atomic E-state index is -0.768. The van der Waals surface area contributed by atoms with E-state index in [1.807, 2.05) is 12.1 Å². The van der Waals surface area contributed by atoms with Crippen molar-refractivity contribution in [3.63, 3.8) is 0 Å². The maximum atomic E-state index is 10.5. The largest absolute Gasteiger partial charge is 0.411 e. The van der Waals surface area contributed by atoms with Gasteiger partial charge >= 0.3 is 6.09 Å². The summed E-state index contributed by atoms with van der Waals surface area (Å²) >= 11 is 0. The van der Waals surface area contributed by atoms with Crippen molar-refractivity contribution in [1.29, 1.82) is 0 Å². The highest BCUT2D eigenvalue weighted by Crippen LogP contribution is 2.47. The SMILES string of the molecule is CC1(c2ccc(OC(N)=O)cc2)CC1. The fourth-order valence-corrected chi connectivity index (χ4v) is 1.52. The fraction of sp³-hybridized carbons (Fsp3) is 0.364. The molecule has 0 saturated heterocycles. The van der Waals surface area contributed by atoms with Gasteiger partial charge in [-0.3, -0.25) is 0 Å². The normalized spacial score (nSPS) is 17.5. The molecule has 14 heavy (non-hydrogen) atoms. The number of nitrogens with two attached hydrogens (primary N) is 1. The minimum Gasteiger partial charge on any atom is -0.411 e. The zero-order chi connectivity index (χ0) is 10.2. The van der Waals surface area contributed by atoms with Crippen LogP contribution in [0.1, 0.15) is 25.3 Å². The molecule has 0 radical (unpaired) electrons. The van der Waals surface area contributed by atoms with Gasteiger partial charge in [0.05, 0.1) is 0 Å². The summed E-state index contributed by atoms with van der Waals surface area (Å²) in [5.41, 5.74) is 6.55. The standard InChI is InChI=1S/C11H13NO2/c1-11(6-7-11)8-2-4-9(5-3-8)14-10(12)13/h2-5H,6-7H2,1H3,(H2,12,13). The predicted octanol–water partition coefficient (Wildman–Crippen LogP) is 2.20. The summed E-state index contributed by atoms with van der Waals surface area (Å²) in [7, 11) is 0. The molecule has 3 nitrogen and oxygen atoms in total. The molecule has 1 aromatic rings. The molecule has 0 bridgehead atoms. The first-order valence-corrected chi connectivity index (χ1v) is 4.68. The molecular formula is C11H13NO2. The number of primary amides is 1. The Balaban J connectivity index is 2.14. The van der Waals surface area contributed by atoms with Crippen molar-refractivity contribution in [2.24, 2.45) is 5.73 Å². The average Bonchev–Trinajstić information content (AvgIpc) is 2.85. The Morgan fingerprint density at radius 1 is 1.36 bits per heavy atom. The van der Waals surface area contributed by atoms with E-state index in [0.717, 1.165) is 0 Å². The Morgan fingerprint density at radius 2 is 1.93 bits per heavy atom. The summed E-state index contributed by atoms with van der Waals surface area (Å²) in [6, 6.07) is 7.55. The maximum absolute atomic E-state index is 10.5. The van der Waals surface area contributed by atoms with Crippen LogP contribution in [0.25, 0.3) is 0 Å². The van der Waals surface area contributed by atoms with Gasteiger partial charge < -0.3 is 10.5 Å². The van der Waals surface area contributed by atoms with E-state index in [1.54, 1.807) is 12.1 Å². The molecule has 1 fully saturated rings. The number of amides is 1. The predicted molar refractivity (Wildman–Crippen MR) is 53.2 cm³/mol. The molecule has 0 spiro atoms. The number of rotatable bonds is 2.